The van der Waals surface area contributed by atoms with Gasteiger partial charge in [-0.25, -0.2) is 4.98 Å². The van der Waals surface area contributed by atoms with Crippen LogP contribution in [-0.4, -0.2) is 29.9 Å². The van der Waals surface area contributed by atoms with Gasteiger partial charge in [0.25, 0.3) is 0 Å². The van der Waals surface area contributed by atoms with Crippen LogP contribution in [0.1, 0.15) is 41.9 Å². The molecule has 0 saturated heterocycles. The number of hydrogen-bond acceptors (Lipinski definition) is 4. The zero-order chi connectivity index (χ0) is 14.3. The molecule has 2 N–H and O–H groups in total. The Morgan fingerprint density at radius 3 is 2.79 bits per heavy atom. The zero-order valence-electron chi connectivity index (χ0n) is 12.1. The normalized spacial score (nSPS) is 12.2. The van der Waals surface area contributed by atoms with Crippen LogP contribution in [-0.2, 0) is 4.74 Å². The van der Waals surface area contributed by atoms with Crippen molar-refractivity contribution in [3.63, 3.8) is 0 Å². The molecule has 1 aromatic heterocycles. The van der Waals surface area contributed by atoms with E-state index >= 15 is 0 Å². The van der Waals surface area contributed by atoms with Gasteiger partial charge in [-0.2, -0.15) is 0 Å². The number of nitrogens with one attached hydrogen (secondary N) is 2. The van der Waals surface area contributed by atoms with E-state index in [1.165, 1.54) is 4.88 Å². The first-order valence-corrected chi connectivity index (χ1v) is 7.83. The number of aromatic nitrogens is 1. The Balaban J connectivity index is 2.30. The Hall–Kier alpha value is -0.720. The highest BCUT2D eigenvalue weighted by Gasteiger charge is 2.13. The van der Waals surface area contributed by atoms with Gasteiger partial charge in [0.05, 0.1) is 16.7 Å². The van der Waals surface area contributed by atoms with Gasteiger partial charge < -0.3 is 15.4 Å². The topological polar surface area (TPSA) is 46.2 Å². The average molecular weight is 301 g/mol. The highest BCUT2D eigenvalue weighted by Crippen LogP contribution is 2.24. The van der Waals surface area contributed by atoms with Crippen LogP contribution in [0.3, 0.4) is 0 Å². The summed E-state index contributed by atoms with van der Waals surface area (Å²) in [4.78, 5) is 5.68. The Morgan fingerprint density at radius 1 is 1.47 bits per heavy atom. The summed E-state index contributed by atoms with van der Waals surface area (Å²) in [5.74, 6) is 0. The largest absolute Gasteiger partial charge is 0.382 e. The second kappa shape index (κ2) is 8.45. The fraction of sp³-hybridized carbons (Fsp3) is 0.692. The molecule has 0 aliphatic heterocycles. The summed E-state index contributed by atoms with van der Waals surface area (Å²) in [5.41, 5.74) is 1.08. The van der Waals surface area contributed by atoms with Crippen LogP contribution in [0, 0.1) is 13.8 Å². The number of nitrogens with zero attached hydrogens (tertiary/aromatic N) is 1. The lowest BCUT2D eigenvalue weighted by atomic mass is 10.2. The Morgan fingerprint density at radius 2 is 2.21 bits per heavy atom. The maximum Gasteiger partial charge on any atom is 0.166 e. The molecule has 0 fully saturated rings. The Kier molecular flexibility index (Phi) is 7.27. The number of hydrogen-bond donors (Lipinski definition) is 2. The molecular formula is C13H23N3OS2. The molecule has 0 saturated carbocycles. The SMILES string of the molecule is CCOCCCNC(=S)NC(C)c1sc(C)nc1C. The van der Waals surface area contributed by atoms with Crippen molar-refractivity contribution in [2.45, 2.75) is 40.2 Å². The molecule has 0 spiro atoms. The van der Waals surface area contributed by atoms with E-state index in [-0.39, 0.29) is 6.04 Å². The first kappa shape index (κ1) is 16.3. The molecule has 1 rings (SSSR count). The van der Waals surface area contributed by atoms with Crippen molar-refractivity contribution in [1.29, 1.82) is 0 Å². The summed E-state index contributed by atoms with van der Waals surface area (Å²) in [7, 11) is 0. The third kappa shape index (κ3) is 5.84. The maximum atomic E-state index is 5.28. The number of ether oxygens (including phenoxy) is 1. The van der Waals surface area contributed by atoms with E-state index < -0.39 is 0 Å². The van der Waals surface area contributed by atoms with Gasteiger partial charge in [0.1, 0.15) is 0 Å². The number of rotatable bonds is 7. The molecule has 1 atom stereocenters. The monoisotopic (exact) mass is 301 g/mol. The van der Waals surface area contributed by atoms with E-state index in [1.54, 1.807) is 11.3 Å². The summed E-state index contributed by atoms with van der Waals surface area (Å²) in [6.45, 7) is 10.5. The maximum absolute atomic E-state index is 5.28. The van der Waals surface area contributed by atoms with Gasteiger partial charge in [0.15, 0.2) is 5.11 Å². The summed E-state index contributed by atoms with van der Waals surface area (Å²) in [6, 6.07) is 0.193. The predicted molar refractivity (Wildman–Crippen MR) is 84.8 cm³/mol. The van der Waals surface area contributed by atoms with Crippen molar-refractivity contribution in [2.75, 3.05) is 19.8 Å². The summed E-state index contributed by atoms with van der Waals surface area (Å²) in [6.07, 6.45) is 0.961. The van der Waals surface area contributed by atoms with Crippen molar-refractivity contribution >= 4 is 28.7 Å². The predicted octanol–water partition coefficient (Wildman–Crippen LogP) is 2.71. The third-order valence-corrected chi connectivity index (χ3v) is 4.15. The average Bonchev–Trinajstić information content (AvgIpc) is 2.68. The number of aryl methyl sites for hydroxylation is 2. The number of thiazole rings is 1. The minimum atomic E-state index is 0.193. The highest BCUT2D eigenvalue weighted by molar-refractivity contribution is 7.80. The van der Waals surface area contributed by atoms with Crippen molar-refractivity contribution in [3.05, 3.63) is 15.6 Å². The van der Waals surface area contributed by atoms with Crippen molar-refractivity contribution in [3.8, 4) is 0 Å². The molecule has 108 valence electrons. The van der Waals surface area contributed by atoms with Crippen LogP contribution in [0.4, 0.5) is 0 Å². The fourth-order valence-corrected chi connectivity index (χ4v) is 2.99. The van der Waals surface area contributed by atoms with Crippen LogP contribution in [0.5, 0.6) is 0 Å². The molecule has 1 heterocycles. The van der Waals surface area contributed by atoms with Crippen LogP contribution < -0.4 is 10.6 Å². The van der Waals surface area contributed by atoms with Gasteiger partial charge in [-0.1, -0.05) is 0 Å². The Bertz CT molecular complexity index is 407. The molecular weight excluding hydrogens is 278 g/mol. The summed E-state index contributed by atoms with van der Waals surface area (Å²) >= 11 is 7.00. The fourth-order valence-electron chi connectivity index (χ4n) is 1.78. The second-order valence-electron chi connectivity index (χ2n) is 4.35. The van der Waals surface area contributed by atoms with Gasteiger partial charge >= 0.3 is 0 Å². The molecule has 0 aliphatic carbocycles. The van der Waals surface area contributed by atoms with Crippen LogP contribution >= 0.6 is 23.6 Å². The zero-order valence-corrected chi connectivity index (χ0v) is 13.7. The standard InChI is InChI=1S/C13H23N3OS2/c1-5-17-8-6-7-14-13(18)16-10(3)12-9(2)15-11(4)19-12/h10H,5-8H2,1-4H3,(H2,14,16,18). The minimum absolute atomic E-state index is 0.193. The smallest absolute Gasteiger partial charge is 0.166 e. The molecule has 0 radical (unpaired) electrons. The lowest BCUT2D eigenvalue weighted by molar-refractivity contribution is 0.145. The van der Waals surface area contributed by atoms with Gasteiger partial charge in [-0.3, -0.25) is 0 Å². The molecule has 0 aliphatic rings. The van der Waals surface area contributed by atoms with Crippen molar-refractivity contribution in [1.82, 2.24) is 15.6 Å². The molecule has 0 amide bonds. The Labute approximate surface area is 125 Å². The molecule has 0 bridgehead atoms. The van der Waals surface area contributed by atoms with E-state index in [2.05, 4.69) is 22.5 Å². The van der Waals surface area contributed by atoms with E-state index in [0.29, 0.717) is 5.11 Å². The molecule has 1 aromatic rings. The lowest BCUT2D eigenvalue weighted by Gasteiger charge is -2.16. The quantitative estimate of drug-likeness (QED) is 0.599. The van der Waals surface area contributed by atoms with E-state index in [9.17, 15) is 0 Å². The molecule has 1 unspecified atom stereocenters. The molecule has 4 nitrogen and oxygen atoms in total. The molecule has 19 heavy (non-hydrogen) atoms. The van der Waals surface area contributed by atoms with Gasteiger partial charge in [0.2, 0.25) is 0 Å². The van der Waals surface area contributed by atoms with Gasteiger partial charge in [-0.05, 0) is 46.3 Å². The molecule has 0 aromatic carbocycles. The van der Waals surface area contributed by atoms with Crippen LogP contribution in [0.2, 0.25) is 0 Å². The lowest BCUT2D eigenvalue weighted by Crippen LogP contribution is -2.37. The molecule has 6 heteroatoms. The van der Waals surface area contributed by atoms with E-state index in [1.807, 2.05) is 20.8 Å². The summed E-state index contributed by atoms with van der Waals surface area (Å²) < 4.78 is 5.27. The van der Waals surface area contributed by atoms with Crippen molar-refractivity contribution < 1.29 is 4.74 Å². The van der Waals surface area contributed by atoms with E-state index in [4.69, 9.17) is 17.0 Å². The first-order valence-electron chi connectivity index (χ1n) is 6.60. The van der Waals surface area contributed by atoms with Gasteiger partial charge in [0, 0.05) is 24.6 Å². The third-order valence-electron chi connectivity index (χ3n) is 2.64. The first-order chi connectivity index (χ1) is 9.04. The minimum Gasteiger partial charge on any atom is -0.382 e. The van der Waals surface area contributed by atoms with Crippen LogP contribution in [0.15, 0.2) is 0 Å². The summed E-state index contributed by atoms with van der Waals surface area (Å²) in [5, 5.41) is 8.27. The van der Waals surface area contributed by atoms with Crippen LogP contribution in [0.25, 0.3) is 0 Å². The highest BCUT2D eigenvalue weighted by atomic mass is 32.1. The van der Waals surface area contributed by atoms with E-state index in [0.717, 1.165) is 36.9 Å². The second-order valence-corrected chi connectivity index (χ2v) is 6.00. The number of thiocarbonyl (C=S) groups is 1. The van der Waals surface area contributed by atoms with Crippen molar-refractivity contribution in [2.24, 2.45) is 0 Å². The van der Waals surface area contributed by atoms with Gasteiger partial charge in [-0.15, -0.1) is 11.3 Å².